The van der Waals surface area contributed by atoms with Gasteiger partial charge in [0.25, 0.3) is 5.91 Å². The molecule has 3 N–H and O–H groups in total. The summed E-state index contributed by atoms with van der Waals surface area (Å²) in [6, 6.07) is 9.67. The largest absolute Gasteiger partial charge is 0.508 e. The molecule has 2 unspecified atom stereocenters. The fourth-order valence-corrected chi connectivity index (χ4v) is 4.63. The summed E-state index contributed by atoms with van der Waals surface area (Å²) in [6.45, 7) is 10.5. The van der Waals surface area contributed by atoms with Crippen LogP contribution in [0.1, 0.15) is 79.8 Å². The molecule has 0 bridgehead atoms. The first kappa shape index (κ1) is 22.9. The van der Waals surface area contributed by atoms with Gasteiger partial charge in [0.2, 0.25) is 0 Å². The number of carbonyl (C=O) groups excluding carboxylic acids is 1. The second-order valence-corrected chi connectivity index (χ2v) is 9.04. The molecular formula is C26H31N3O4. The van der Waals surface area contributed by atoms with Crippen molar-refractivity contribution in [1.82, 2.24) is 15.4 Å². The molecule has 174 valence electrons. The molecular weight excluding hydrogens is 418 g/mol. The number of phenols is 2. The number of aromatic nitrogens is 1. The first-order valence-corrected chi connectivity index (χ1v) is 11.4. The average Bonchev–Trinajstić information content (AvgIpc) is 3.30. The number of benzene rings is 2. The number of nitrogens with one attached hydrogen (secondary N) is 1. The molecule has 0 saturated carbocycles. The molecule has 2 aromatic carbocycles. The lowest BCUT2D eigenvalue weighted by Crippen LogP contribution is -2.23. The Labute approximate surface area is 194 Å². The maximum Gasteiger partial charge on any atom is 0.274 e. The Bertz CT molecular complexity index is 1210. The monoisotopic (exact) mass is 449 g/mol. The number of hydrogen-bond donors (Lipinski definition) is 3. The van der Waals surface area contributed by atoms with Crippen LogP contribution < -0.4 is 5.32 Å². The fourth-order valence-electron chi connectivity index (χ4n) is 4.63. The van der Waals surface area contributed by atoms with Crippen LogP contribution in [0.3, 0.4) is 0 Å². The van der Waals surface area contributed by atoms with Crippen LogP contribution in [-0.4, -0.2) is 39.8 Å². The van der Waals surface area contributed by atoms with Gasteiger partial charge in [-0.1, -0.05) is 31.1 Å². The van der Waals surface area contributed by atoms with Crippen LogP contribution in [0.25, 0.3) is 22.5 Å². The fraction of sp³-hybridized carbons (Fsp3) is 0.385. The van der Waals surface area contributed by atoms with Gasteiger partial charge in [-0.2, -0.15) is 0 Å². The van der Waals surface area contributed by atoms with E-state index in [2.05, 4.69) is 48.4 Å². The number of nitrogens with zero attached hydrogens (tertiary/aromatic N) is 2. The lowest BCUT2D eigenvalue weighted by atomic mass is 9.92. The van der Waals surface area contributed by atoms with E-state index in [0.29, 0.717) is 35.0 Å². The van der Waals surface area contributed by atoms with E-state index in [1.54, 1.807) is 6.07 Å². The standard InChI is InChI=1S/C26H31N3O4/c1-7-27-26(32)24-23(16-8-9-17-14(4)29(6)15(5)19(17)10-16)25(33-28-24)20-11-18(13(2)3)21(30)12-22(20)31/h8-15,30-31H,7H2,1-6H3,(H,27,32). The van der Waals surface area contributed by atoms with E-state index in [1.807, 2.05) is 26.8 Å². The summed E-state index contributed by atoms with van der Waals surface area (Å²) < 4.78 is 5.68. The molecule has 0 fully saturated rings. The van der Waals surface area contributed by atoms with Crippen LogP contribution in [0.2, 0.25) is 0 Å². The van der Waals surface area contributed by atoms with E-state index in [0.717, 1.165) is 5.56 Å². The third kappa shape index (κ3) is 3.76. The third-order valence-corrected chi connectivity index (χ3v) is 6.75. The predicted octanol–water partition coefficient (Wildman–Crippen LogP) is 5.36. The van der Waals surface area contributed by atoms with Gasteiger partial charge in [0.1, 0.15) is 11.5 Å². The van der Waals surface area contributed by atoms with Gasteiger partial charge in [0, 0.05) is 24.7 Å². The quantitative estimate of drug-likeness (QED) is 0.485. The molecule has 0 saturated heterocycles. The van der Waals surface area contributed by atoms with E-state index in [1.165, 1.54) is 17.2 Å². The summed E-state index contributed by atoms with van der Waals surface area (Å²) >= 11 is 0. The normalized spacial score (nSPS) is 18.0. The molecule has 0 spiro atoms. The zero-order valence-corrected chi connectivity index (χ0v) is 19.9. The molecule has 2 heterocycles. The van der Waals surface area contributed by atoms with Crippen molar-refractivity contribution >= 4 is 5.91 Å². The SMILES string of the molecule is CCNC(=O)c1noc(-c2cc(C(C)C)c(O)cc2O)c1-c1ccc2c(c1)C(C)N(C)C2C. The molecule has 4 rings (SSSR count). The molecule has 3 aromatic rings. The van der Waals surface area contributed by atoms with Crippen LogP contribution in [0, 0.1) is 0 Å². The van der Waals surface area contributed by atoms with Crippen molar-refractivity contribution in [3.8, 4) is 33.9 Å². The molecule has 0 aliphatic carbocycles. The number of hydrogen-bond acceptors (Lipinski definition) is 6. The molecule has 1 aromatic heterocycles. The second-order valence-electron chi connectivity index (χ2n) is 9.04. The highest BCUT2D eigenvalue weighted by Gasteiger charge is 2.32. The smallest absolute Gasteiger partial charge is 0.274 e. The number of fused-ring (bicyclic) bond motifs is 1. The Hall–Kier alpha value is -3.32. The predicted molar refractivity (Wildman–Crippen MR) is 127 cm³/mol. The number of phenolic OH excluding ortho intramolecular Hbond substituents is 2. The van der Waals surface area contributed by atoms with Crippen LogP contribution >= 0.6 is 0 Å². The molecule has 33 heavy (non-hydrogen) atoms. The number of carbonyl (C=O) groups is 1. The van der Waals surface area contributed by atoms with Crippen molar-refractivity contribution < 1.29 is 19.5 Å². The van der Waals surface area contributed by atoms with Crippen LogP contribution in [0.5, 0.6) is 11.5 Å². The van der Waals surface area contributed by atoms with E-state index in [4.69, 9.17) is 4.52 Å². The van der Waals surface area contributed by atoms with E-state index >= 15 is 0 Å². The van der Waals surface area contributed by atoms with Crippen molar-refractivity contribution in [2.45, 2.75) is 52.6 Å². The molecule has 0 radical (unpaired) electrons. The molecule has 7 nitrogen and oxygen atoms in total. The zero-order chi connectivity index (χ0) is 24.0. The molecule has 2 atom stereocenters. The Morgan fingerprint density at radius 2 is 1.82 bits per heavy atom. The van der Waals surface area contributed by atoms with Crippen LogP contribution in [0.15, 0.2) is 34.9 Å². The van der Waals surface area contributed by atoms with Crippen molar-refractivity contribution in [2.75, 3.05) is 13.6 Å². The highest BCUT2D eigenvalue weighted by atomic mass is 16.5. The van der Waals surface area contributed by atoms with Crippen molar-refractivity contribution in [1.29, 1.82) is 0 Å². The lowest BCUT2D eigenvalue weighted by molar-refractivity contribution is 0.0947. The van der Waals surface area contributed by atoms with Crippen LogP contribution in [0.4, 0.5) is 0 Å². The van der Waals surface area contributed by atoms with E-state index in [9.17, 15) is 15.0 Å². The topological polar surface area (TPSA) is 98.8 Å². The highest BCUT2D eigenvalue weighted by Crippen LogP contribution is 2.46. The van der Waals surface area contributed by atoms with E-state index < -0.39 is 0 Å². The number of amides is 1. The van der Waals surface area contributed by atoms with Gasteiger partial charge in [-0.25, -0.2) is 0 Å². The first-order valence-electron chi connectivity index (χ1n) is 11.4. The Morgan fingerprint density at radius 1 is 1.12 bits per heavy atom. The minimum Gasteiger partial charge on any atom is -0.508 e. The average molecular weight is 450 g/mol. The first-order chi connectivity index (χ1) is 15.6. The maximum absolute atomic E-state index is 12.9. The molecule has 7 heteroatoms. The highest BCUT2D eigenvalue weighted by molar-refractivity contribution is 6.02. The van der Waals surface area contributed by atoms with Gasteiger partial charge in [-0.3, -0.25) is 9.69 Å². The minimum absolute atomic E-state index is 0.0136. The maximum atomic E-state index is 12.9. The molecule has 1 amide bonds. The number of rotatable bonds is 5. The van der Waals surface area contributed by atoms with Gasteiger partial charge in [-0.15, -0.1) is 0 Å². The Kier molecular flexibility index (Phi) is 5.93. The van der Waals surface area contributed by atoms with Crippen molar-refractivity contribution in [2.24, 2.45) is 0 Å². The summed E-state index contributed by atoms with van der Waals surface area (Å²) in [5, 5.41) is 27.9. The Morgan fingerprint density at radius 3 is 2.48 bits per heavy atom. The summed E-state index contributed by atoms with van der Waals surface area (Å²) in [4.78, 5) is 15.2. The van der Waals surface area contributed by atoms with Crippen molar-refractivity contribution in [3.05, 3.63) is 52.7 Å². The van der Waals surface area contributed by atoms with Gasteiger partial charge in [0.15, 0.2) is 11.5 Å². The lowest BCUT2D eigenvalue weighted by Gasteiger charge is -2.20. The second kappa shape index (κ2) is 8.56. The summed E-state index contributed by atoms with van der Waals surface area (Å²) in [7, 11) is 2.10. The zero-order valence-electron chi connectivity index (χ0n) is 19.9. The van der Waals surface area contributed by atoms with Crippen LogP contribution in [-0.2, 0) is 0 Å². The summed E-state index contributed by atoms with van der Waals surface area (Å²) in [5.74, 6) is -0.151. The summed E-state index contributed by atoms with van der Waals surface area (Å²) in [5.41, 5.74) is 4.97. The Balaban J connectivity index is 1.95. The number of aromatic hydroxyl groups is 2. The van der Waals surface area contributed by atoms with E-state index in [-0.39, 0.29) is 35.1 Å². The minimum atomic E-state index is -0.344. The molecule has 1 aliphatic heterocycles. The van der Waals surface area contributed by atoms with Gasteiger partial charge < -0.3 is 20.1 Å². The van der Waals surface area contributed by atoms with Gasteiger partial charge in [-0.05, 0) is 68.1 Å². The van der Waals surface area contributed by atoms with Crippen molar-refractivity contribution in [3.63, 3.8) is 0 Å². The molecule has 1 aliphatic rings. The summed E-state index contributed by atoms with van der Waals surface area (Å²) in [6.07, 6.45) is 0. The third-order valence-electron chi connectivity index (χ3n) is 6.75. The van der Waals surface area contributed by atoms with Gasteiger partial charge >= 0.3 is 0 Å². The van der Waals surface area contributed by atoms with Gasteiger partial charge in [0.05, 0.1) is 11.1 Å².